The molecule has 0 saturated carbocycles. The Kier molecular flexibility index (Phi) is 3.67. The second kappa shape index (κ2) is 6.08. The molecule has 2 fully saturated rings. The van der Waals surface area contributed by atoms with Gasteiger partial charge in [0.25, 0.3) is 0 Å². The van der Waals surface area contributed by atoms with Crippen molar-refractivity contribution >= 4 is 12.1 Å². The van der Waals surface area contributed by atoms with Gasteiger partial charge in [0.2, 0.25) is 0 Å². The Morgan fingerprint density at radius 1 is 1.19 bits per heavy atom. The number of esters is 1. The van der Waals surface area contributed by atoms with E-state index in [1.165, 1.54) is 0 Å². The summed E-state index contributed by atoms with van der Waals surface area (Å²) in [5.74, 6) is -0.285. The van der Waals surface area contributed by atoms with Crippen LogP contribution in [-0.4, -0.2) is 34.0 Å². The predicted octanol–water partition coefficient (Wildman–Crippen LogP) is 3.41. The largest absolute Gasteiger partial charge is 0.450 e. The highest BCUT2D eigenvalue weighted by Crippen LogP contribution is 2.51. The predicted molar refractivity (Wildman–Crippen MR) is 95.8 cm³/mol. The fraction of sp³-hybridized carbons (Fsp3) is 0.381. The maximum atomic E-state index is 12.7. The zero-order chi connectivity index (χ0) is 18.4. The molecule has 1 aromatic heterocycles. The molecule has 0 N–H and O–H groups in total. The number of carbonyl (C=O) groups excluding carboxylic acids is 2. The molecule has 1 amide bonds. The quantitative estimate of drug-likeness (QED) is 0.764. The Labute approximate surface area is 157 Å². The van der Waals surface area contributed by atoms with Crippen LogP contribution < -0.4 is 0 Å². The van der Waals surface area contributed by atoms with Gasteiger partial charge in [0.15, 0.2) is 0 Å². The molecule has 3 aliphatic heterocycles. The summed E-state index contributed by atoms with van der Waals surface area (Å²) >= 11 is 0. The summed E-state index contributed by atoms with van der Waals surface area (Å²) in [6, 6.07) is 11.4. The van der Waals surface area contributed by atoms with E-state index in [0.29, 0.717) is 18.4 Å². The molecule has 6 heteroatoms. The summed E-state index contributed by atoms with van der Waals surface area (Å²) < 4.78 is 11.4. The lowest BCUT2D eigenvalue weighted by Crippen LogP contribution is -2.52. The summed E-state index contributed by atoms with van der Waals surface area (Å²) in [6.07, 6.45) is 6.09. The molecule has 2 saturated heterocycles. The van der Waals surface area contributed by atoms with E-state index in [0.717, 1.165) is 24.0 Å². The second-order valence-corrected chi connectivity index (χ2v) is 7.55. The molecule has 2 aromatic rings. The number of carbonyl (C=O) groups is 2. The summed E-state index contributed by atoms with van der Waals surface area (Å²) in [4.78, 5) is 31.1. The van der Waals surface area contributed by atoms with Crippen LogP contribution in [0.4, 0.5) is 4.79 Å². The van der Waals surface area contributed by atoms with Gasteiger partial charge in [-0.3, -0.25) is 4.98 Å². The monoisotopic (exact) mass is 364 g/mol. The van der Waals surface area contributed by atoms with Gasteiger partial charge in [0.1, 0.15) is 12.2 Å². The van der Waals surface area contributed by atoms with Gasteiger partial charge in [-0.15, -0.1) is 0 Å². The summed E-state index contributed by atoms with van der Waals surface area (Å²) in [6.45, 7) is 0.266. The van der Waals surface area contributed by atoms with Crippen LogP contribution in [0.25, 0.3) is 0 Å². The molecule has 2 unspecified atom stereocenters. The molecule has 0 radical (unpaired) electrons. The molecule has 138 valence electrons. The molecular formula is C21H20N2O4. The molecule has 1 aromatic carbocycles. The topological polar surface area (TPSA) is 68.7 Å². The minimum Gasteiger partial charge on any atom is -0.450 e. The first-order valence-corrected chi connectivity index (χ1v) is 9.33. The lowest BCUT2D eigenvalue weighted by Gasteiger charge is -2.43. The SMILES string of the molecule is O=C1OC2(CC3CCC(C2)N3C(=O)OCc2ccccc2)c2cnccc21. The molecule has 0 aliphatic carbocycles. The Balaban J connectivity index is 1.34. The van der Waals surface area contributed by atoms with Crippen molar-refractivity contribution in [2.75, 3.05) is 0 Å². The molecule has 6 nitrogen and oxygen atoms in total. The Bertz CT molecular complexity index is 884. The Hall–Kier alpha value is -2.89. The fourth-order valence-corrected chi connectivity index (χ4v) is 4.82. The van der Waals surface area contributed by atoms with Gasteiger partial charge in [-0.1, -0.05) is 30.3 Å². The summed E-state index contributed by atoms with van der Waals surface area (Å²) in [5, 5.41) is 0. The zero-order valence-corrected chi connectivity index (χ0v) is 14.8. The minimum atomic E-state index is -0.650. The van der Waals surface area contributed by atoms with Gasteiger partial charge in [-0.2, -0.15) is 0 Å². The first-order valence-electron chi connectivity index (χ1n) is 9.33. The molecule has 1 spiro atoms. The van der Waals surface area contributed by atoms with E-state index in [4.69, 9.17) is 9.47 Å². The van der Waals surface area contributed by atoms with Gasteiger partial charge in [-0.25, -0.2) is 9.59 Å². The molecule has 2 atom stereocenters. The van der Waals surface area contributed by atoms with Crippen LogP contribution in [-0.2, 0) is 21.7 Å². The van der Waals surface area contributed by atoms with Crippen molar-refractivity contribution in [2.24, 2.45) is 0 Å². The second-order valence-electron chi connectivity index (χ2n) is 7.55. The van der Waals surface area contributed by atoms with Crippen molar-refractivity contribution in [1.29, 1.82) is 0 Å². The molecule has 5 rings (SSSR count). The van der Waals surface area contributed by atoms with Crippen LogP contribution in [0, 0.1) is 0 Å². The van der Waals surface area contributed by atoms with E-state index < -0.39 is 5.60 Å². The molecule has 2 bridgehead atoms. The van der Waals surface area contributed by atoms with E-state index in [1.807, 2.05) is 35.2 Å². The molecular weight excluding hydrogens is 344 g/mol. The van der Waals surface area contributed by atoms with Gasteiger partial charge < -0.3 is 14.4 Å². The number of aromatic nitrogens is 1. The van der Waals surface area contributed by atoms with Crippen LogP contribution in [0.15, 0.2) is 48.8 Å². The normalized spacial score (nSPS) is 28.1. The van der Waals surface area contributed by atoms with Crippen LogP contribution in [0.5, 0.6) is 0 Å². The highest BCUT2D eigenvalue weighted by Gasteiger charge is 2.57. The van der Waals surface area contributed by atoms with Gasteiger partial charge in [0.05, 0.1) is 5.56 Å². The van der Waals surface area contributed by atoms with E-state index in [1.54, 1.807) is 18.5 Å². The van der Waals surface area contributed by atoms with Crippen LogP contribution >= 0.6 is 0 Å². The summed E-state index contributed by atoms with van der Waals surface area (Å²) in [5.41, 5.74) is 1.79. The third kappa shape index (κ3) is 2.59. The van der Waals surface area contributed by atoms with Crippen LogP contribution in [0.2, 0.25) is 0 Å². The lowest BCUT2D eigenvalue weighted by atomic mass is 9.81. The third-order valence-corrected chi connectivity index (χ3v) is 5.99. The Morgan fingerprint density at radius 3 is 2.67 bits per heavy atom. The number of hydrogen-bond donors (Lipinski definition) is 0. The smallest absolute Gasteiger partial charge is 0.410 e. The number of nitrogens with zero attached hydrogens (tertiary/aromatic N) is 2. The van der Waals surface area contributed by atoms with E-state index in [-0.39, 0.29) is 30.8 Å². The average molecular weight is 364 g/mol. The van der Waals surface area contributed by atoms with Crippen molar-refractivity contribution in [1.82, 2.24) is 9.88 Å². The highest BCUT2D eigenvalue weighted by atomic mass is 16.6. The number of amides is 1. The van der Waals surface area contributed by atoms with E-state index >= 15 is 0 Å². The Morgan fingerprint density at radius 2 is 1.93 bits per heavy atom. The highest BCUT2D eigenvalue weighted by molar-refractivity contribution is 5.94. The number of pyridine rings is 1. The standard InChI is InChI=1S/C21H20N2O4/c24-19-17-8-9-22-12-18(17)21(27-19)10-15-6-7-16(11-21)23(15)20(25)26-13-14-4-2-1-3-5-14/h1-5,8-9,12,15-16H,6-7,10-11,13H2. The van der Waals surface area contributed by atoms with E-state index in [9.17, 15) is 9.59 Å². The van der Waals surface area contributed by atoms with Crippen molar-refractivity contribution in [2.45, 2.75) is 50.0 Å². The van der Waals surface area contributed by atoms with Crippen LogP contribution in [0.3, 0.4) is 0 Å². The third-order valence-electron chi connectivity index (χ3n) is 5.99. The zero-order valence-electron chi connectivity index (χ0n) is 14.8. The fourth-order valence-electron chi connectivity index (χ4n) is 4.82. The number of rotatable bonds is 2. The maximum absolute atomic E-state index is 12.7. The molecule has 27 heavy (non-hydrogen) atoms. The average Bonchev–Trinajstić information content (AvgIpc) is 3.13. The first kappa shape index (κ1) is 16.3. The molecule has 4 heterocycles. The number of fused-ring (bicyclic) bond motifs is 4. The minimum absolute atomic E-state index is 0.0194. The van der Waals surface area contributed by atoms with Crippen molar-refractivity contribution in [3.8, 4) is 0 Å². The molecule has 3 aliphatic rings. The van der Waals surface area contributed by atoms with Gasteiger partial charge in [-0.05, 0) is 24.5 Å². The first-order chi connectivity index (χ1) is 13.2. The summed E-state index contributed by atoms with van der Waals surface area (Å²) in [7, 11) is 0. The maximum Gasteiger partial charge on any atom is 0.410 e. The van der Waals surface area contributed by atoms with Crippen molar-refractivity contribution < 1.29 is 19.1 Å². The number of benzene rings is 1. The van der Waals surface area contributed by atoms with E-state index in [2.05, 4.69) is 4.98 Å². The number of ether oxygens (including phenoxy) is 2. The van der Waals surface area contributed by atoms with Crippen molar-refractivity contribution in [3.63, 3.8) is 0 Å². The van der Waals surface area contributed by atoms with Gasteiger partial charge in [0, 0.05) is 42.9 Å². The van der Waals surface area contributed by atoms with Crippen molar-refractivity contribution in [3.05, 3.63) is 65.5 Å². The number of piperidine rings is 1. The lowest BCUT2D eigenvalue weighted by molar-refractivity contribution is -0.0620. The van der Waals surface area contributed by atoms with Gasteiger partial charge >= 0.3 is 12.1 Å². The van der Waals surface area contributed by atoms with Crippen LogP contribution in [0.1, 0.15) is 47.2 Å². The number of hydrogen-bond acceptors (Lipinski definition) is 5.